The van der Waals surface area contributed by atoms with Gasteiger partial charge in [0.25, 0.3) is 0 Å². The van der Waals surface area contributed by atoms with Crippen LogP contribution in [-0.2, 0) is 12.2 Å². The molecule has 0 bridgehead atoms. The first kappa shape index (κ1) is 13.9. The summed E-state index contributed by atoms with van der Waals surface area (Å²) in [6.07, 6.45) is 0.923. The molecule has 0 amide bonds. The van der Waals surface area contributed by atoms with E-state index in [2.05, 4.69) is 0 Å². The van der Waals surface area contributed by atoms with Crippen LogP contribution in [0.1, 0.15) is 11.1 Å². The van der Waals surface area contributed by atoms with E-state index < -0.39 is 0 Å². The van der Waals surface area contributed by atoms with E-state index >= 15 is 0 Å². The Labute approximate surface area is 132 Å². The molecule has 0 aliphatic carbocycles. The van der Waals surface area contributed by atoms with Gasteiger partial charge in [0.15, 0.2) is 0 Å². The van der Waals surface area contributed by atoms with Crippen LogP contribution in [0.3, 0.4) is 0 Å². The number of ether oxygens (including phenoxy) is 1. The highest BCUT2D eigenvalue weighted by molar-refractivity contribution is 7.98. The molecule has 0 radical (unpaired) electrons. The Morgan fingerprint density at radius 3 is 2.90 bits per heavy atom. The summed E-state index contributed by atoms with van der Waals surface area (Å²) in [5.74, 6) is 1.73. The van der Waals surface area contributed by atoms with Gasteiger partial charge in [-0.3, -0.25) is 0 Å². The molecule has 0 saturated heterocycles. The fourth-order valence-electron chi connectivity index (χ4n) is 2.24. The highest BCUT2D eigenvalue weighted by Crippen LogP contribution is 2.38. The first-order valence-corrected chi connectivity index (χ1v) is 7.99. The second-order valence-electron chi connectivity index (χ2n) is 4.63. The first-order valence-electron chi connectivity index (χ1n) is 6.25. The van der Waals surface area contributed by atoms with E-state index in [1.807, 2.05) is 24.3 Å². The van der Waals surface area contributed by atoms with Gasteiger partial charge in [-0.15, -0.1) is 11.8 Å². The maximum atomic E-state index is 6.18. The Kier molecular flexibility index (Phi) is 4.01. The number of halogens is 2. The minimum atomic E-state index is 0.712. The van der Waals surface area contributed by atoms with Crippen molar-refractivity contribution in [3.8, 4) is 5.75 Å². The summed E-state index contributed by atoms with van der Waals surface area (Å²) in [5, 5.41) is 1.47. The summed E-state index contributed by atoms with van der Waals surface area (Å²) < 4.78 is 5.70. The Bertz CT molecular complexity index is 661. The molecule has 5 heteroatoms. The van der Waals surface area contributed by atoms with Crippen LogP contribution in [0.25, 0.3) is 0 Å². The molecule has 1 aliphatic rings. The molecule has 0 unspecified atom stereocenters. The zero-order chi connectivity index (χ0) is 14.1. The zero-order valence-corrected chi connectivity index (χ0v) is 13.0. The van der Waals surface area contributed by atoms with Gasteiger partial charge in [-0.05, 0) is 35.9 Å². The number of hydrogen-bond acceptors (Lipinski definition) is 3. The van der Waals surface area contributed by atoms with E-state index in [1.54, 1.807) is 17.8 Å². The van der Waals surface area contributed by atoms with Crippen molar-refractivity contribution < 1.29 is 4.74 Å². The highest BCUT2D eigenvalue weighted by Gasteiger charge is 2.17. The molecule has 0 atom stereocenters. The van der Waals surface area contributed by atoms with Crippen LogP contribution < -0.4 is 10.5 Å². The smallest absolute Gasteiger partial charge is 0.126 e. The quantitative estimate of drug-likeness (QED) is 0.650. The van der Waals surface area contributed by atoms with Crippen LogP contribution in [0, 0.1) is 0 Å². The van der Waals surface area contributed by atoms with Crippen molar-refractivity contribution >= 4 is 40.7 Å². The standard InChI is InChI=1S/C15H13Cl2NOS/c16-11-5-9-3-4-19-15(9)10(6-11)8-20-14-7-12(18)1-2-13(14)17/h1-2,5-7H,3-4,8,18H2. The summed E-state index contributed by atoms with van der Waals surface area (Å²) in [7, 11) is 0. The molecule has 2 N–H and O–H groups in total. The molecule has 20 heavy (non-hydrogen) atoms. The largest absolute Gasteiger partial charge is 0.493 e. The van der Waals surface area contributed by atoms with Gasteiger partial charge < -0.3 is 10.5 Å². The molecule has 1 heterocycles. The SMILES string of the molecule is Nc1ccc(Cl)c(SCc2cc(Cl)cc3c2OCC3)c1. The first-order chi connectivity index (χ1) is 9.63. The lowest BCUT2D eigenvalue weighted by Crippen LogP contribution is -1.91. The summed E-state index contributed by atoms with van der Waals surface area (Å²) in [4.78, 5) is 0.971. The average Bonchev–Trinajstić information content (AvgIpc) is 2.87. The molecule has 2 aromatic rings. The van der Waals surface area contributed by atoms with Gasteiger partial charge in [0.05, 0.1) is 11.6 Å². The third kappa shape index (κ3) is 2.85. The minimum Gasteiger partial charge on any atom is -0.493 e. The minimum absolute atomic E-state index is 0.712. The van der Waals surface area contributed by atoms with Gasteiger partial charge in [0, 0.05) is 33.3 Å². The number of anilines is 1. The zero-order valence-electron chi connectivity index (χ0n) is 10.7. The normalized spacial score (nSPS) is 13.1. The van der Waals surface area contributed by atoms with Gasteiger partial charge in [0.2, 0.25) is 0 Å². The van der Waals surface area contributed by atoms with Crippen LogP contribution in [0.5, 0.6) is 5.75 Å². The number of nitrogens with two attached hydrogens (primary N) is 1. The number of hydrogen-bond donors (Lipinski definition) is 1. The summed E-state index contributed by atoms with van der Waals surface area (Å²) in [6.45, 7) is 0.729. The molecule has 0 fully saturated rings. The van der Waals surface area contributed by atoms with Crippen LogP contribution in [0.4, 0.5) is 5.69 Å². The number of rotatable bonds is 3. The summed E-state index contributed by atoms with van der Waals surface area (Å²) in [5.41, 5.74) is 8.80. The van der Waals surface area contributed by atoms with Crippen molar-refractivity contribution in [3.63, 3.8) is 0 Å². The van der Waals surface area contributed by atoms with Crippen LogP contribution >= 0.6 is 35.0 Å². The van der Waals surface area contributed by atoms with E-state index in [9.17, 15) is 0 Å². The second-order valence-corrected chi connectivity index (χ2v) is 6.49. The van der Waals surface area contributed by atoms with Gasteiger partial charge >= 0.3 is 0 Å². The van der Waals surface area contributed by atoms with Crippen molar-refractivity contribution in [3.05, 3.63) is 51.5 Å². The third-order valence-electron chi connectivity index (χ3n) is 3.16. The Hall–Kier alpha value is -1.03. The number of fused-ring (bicyclic) bond motifs is 1. The van der Waals surface area contributed by atoms with Crippen molar-refractivity contribution in [1.82, 2.24) is 0 Å². The lowest BCUT2D eigenvalue weighted by molar-refractivity contribution is 0.354. The van der Waals surface area contributed by atoms with Crippen molar-refractivity contribution in [1.29, 1.82) is 0 Å². The molecular formula is C15H13Cl2NOS. The third-order valence-corrected chi connectivity index (χ3v) is 4.93. The number of benzene rings is 2. The summed E-state index contributed by atoms with van der Waals surface area (Å²) in [6, 6.07) is 9.44. The maximum absolute atomic E-state index is 6.18. The predicted molar refractivity (Wildman–Crippen MR) is 86.1 cm³/mol. The van der Waals surface area contributed by atoms with E-state index in [-0.39, 0.29) is 0 Å². The molecule has 2 nitrogen and oxygen atoms in total. The van der Waals surface area contributed by atoms with E-state index in [0.717, 1.165) is 40.0 Å². The molecule has 0 spiro atoms. The molecule has 3 rings (SSSR count). The van der Waals surface area contributed by atoms with Gasteiger partial charge in [-0.25, -0.2) is 0 Å². The molecule has 0 saturated carbocycles. The van der Waals surface area contributed by atoms with Gasteiger partial charge in [0.1, 0.15) is 5.75 Å². The van der Waals surface area contributed by atoms with E-state index in [4.69, 9.17) is 33.7 Å². The molecule has 1 aliphatic heterocycles. The summed E-state index contributed by atoms with van der Waals surface area (Å²) >= 11 is 14.0. The lowest BCUT2D eigenvalue weighted by atomic mass is 10.1. The number of nitrogen functional groups attached to an aromatic ring is 1. The average molecular weight is 326 g/mol. The van der Waals surface area contributed by atoms with Crippen molar-refractivity contribution in [2.24, 2.45) is 0 Å². The lowest BCUT2D eigenvalue weighted by Gasteiger charge is -2.10. The number of thioether (sulfide) groups is 1. The molecule has 2 aromatic carbocycles. The van der Waals surface area contributed by atoms with Gasteiger partial charge in [-0.1, -0.05) is 23.2 Å². The van der Waals surface area contributed by atoms with Crippen molar-refractivity contribution in [2.45, 2.75) is 17.1 Å². The van der Waals surface area contributed by atoms with Crippen molar-refractivity contribution in [2.75, 3.05) is 12.3 Å². The molecule has 0 aromatic heterocycles. The molecular weight excluding hydrogens is 313 g/mol. The Balaban J connectivity index is 1.84. The van der Waals surface area contributed by atoms with Crippen LogP contribution in [0.2, 0.25) is 10.0 Å². The van der Waals surface area contributed by atoms with Crippen LogP contribution in [-0.4, -0.2) is 6.61 Å². The second kappa shape index (κ2) is 5.76. The predicted octanol–water partition coefficient (Wildman–Crippen LogP) is 4.80. The fourth-order valence-corrected chi connectivity index (χ4v) is 3.73. The Morgan fingerprint density at radius 1 is 1.20 bits per heavy atom. The fraction of sp³-hybridized carbons (Fsp3) is 0.200. The van der Waals surface area contributed by atoms with Crippen LogP contribution in [0.15, 0.2) is 35.2 Å². The Morgan fingerprint density at radius 2 is 2.05 bits per heavy atom. The monoisotopic (exact) mass is 325 g/mol. The maximum Gasteiger partial charge on any atom is 0.126 e. The topological polar surface area (TPSA) is 35.2 Å². The van der Waals surface area contributed by atoms with E-state index in [1.165, 1.54) is 5.56 Å². The highest BCUT2D eigenvalue weighted by atomic mass is 35.5. The molecule has 104 valence electrons. The van der Waals surface area contributed by atoms with Gasteiger partial charge in [-0.2, -0.15) is 0 Å². The van der Waals surface area contributed by atoms with E-state index in [0.29, 0.717) is 10.7 Å².